The van der Waals surface area contributed by atoms with E-state index < -0.39 is 22.8 Å². The molecule has 0 saturated heterocycles. The summed E-state index contributed by atoms with van der Waals surface area (Å²) < 4.78 is 14.9. The van der Waals surface area contributed by atoms with Crippen LogP contribution in [0.2, 0.25) is 0 Å². The molecular weight excluding hydrogens is 344 g/mol. The minimum atomic E-state index is -1.09. The number of nitrogens with zero attached hydrogens (tertiary/aromatic N) is 1. The van der Waals surface area contributed by atoms with E-state index in [2.05, 4.69) is 5.32 Å². The third-order valence-electron chi connectivity index (χ3n) is 3.99. The van der Waals surface area contributed by atoms with E-state index in [9.17, 15) is 19.7 Å². The molecule has 1 aliphatic heterocycles. The van der Waals surface area contributed by atoms with Crippen molar-refractivity contribution in [2.45, 2.75) is 12.8 Å². The lowest BCUT2D eigenvalue weighted by atomic mass is 9.81. The Morgan fingerprint density at radius 1 is 1.08 bits per heavy atom. The molecule has 1 unspecified atom stereocenters. The molecule has 1 heterocycles. The zero-order valence-corrected chi connectivity index (χ0v) is 14.7. The first kappa shape index (κ1) is 19.0. The molecule has 9 nitrogen and oxygen atoms in total. The maximum atomic E-state index is 12.4. The van der Waals surface area contributed by atoms with Crippen LogP contribution in [0, 0.1) is 10.1 Å². The van der Waals surface area contributed by atoms with Crippen LogP contribution in [0.4, 0.5) is 5.69 Å². The van der Waals surface area contributed by atoms with Crippen LogP contribution in [0.3, 0.4) is 0 Å². The third kappa shape index (κ3) is 3.23. The number of esters is 2. The summed E-state index contributed by atoms with van der Waals surface area (Å²) >= 11 is 0. The first-order valence-corrected chi connectivity index (χ1v) is 7.53. The Hall–Kier alpha value is -3.36. The van der Waals surface area contributed by atoms with Crippen LogP contribution in [-0.2, 0) is 23.8 Å². The molecule has 0 saturated carbocycles. The number of rotatable bonds is 5. The second-order valence-corrected chi connectivity index (χ2v) is 5.34. The average molecular weight is 362 g/mol. The number of hydrogen-bond donors (Lipinski definition) is 1. The maximum absolute atomic E-state index is 12.4. The Morgan fingerprint density at radius 2 is 1.65 bits per heavy atom. The minimum absolute atomic E-state index is 0.0464. The van der Waals surface area contributed by atoms with Gasteiger partial charge in [-0.2, -0.15) is 0 Å². The predicted octanol–water partition coefficient (Wildman–Crippen LogP) is 1.76. The molecule has 1 aliphatic rings. The number of nitrogens with one attached hydrogen (secondary N) is 1. The van der Waals surface area contributed by atoms with Gasteiger partial charge in [0.1, 0.15) is 5.57 Å². The Balaban J connectivity index is 2.84. The van der Waals surface area contributed by atoms with Gasteiger partial charge in [0.2, 0.25) is 5.88 Å². The molecule has 0 bridgehead atoms. The highest BCUT2D eigenvalue weighted by Gasteiger charge is 2.42. The second kappa shape index (κ2) is 7.68. The van der Waals surface area contributed by atoms with Crippen molar-refractivity contribution in [3.05, 3.63) is 62.7 Å². The van der Waals surface area contributed by atoms with Gasteiger partial charge in [-0.15, -0.1) is 0 Å². The van der Waals surface area contributed by atoms with Crippen LogP contribution in [-0.4, -0.2) is 38.2 Å². The fourth-order valence-electron chi connectivity index (χ4n) is 2.87. The number of hydrogen-bond acceptors (Lipinski definition) is 8. The largest absolute Gasteiger partial charge is 0.482 e. The summed E-state index contributed by atoms with van der Waals surface area (Å²) in [4.78, 5) is 35.7. The summed E-state index contributed by atoms with van der Waals surface area (Å²) in [5, 5.41) is 14.3. The topological polar surface area (TPSA) is 117 Å². The summed E-state index contributed by atoms with van der Waals surface area (Å²) in [5.74, 6) is -2.56. The van der Waals surface area contributed by atoms with Crippen molar-refractivity contribution in [2.75, 3.05) is 21.3 Å². The van der Waals surface area contributed by atoms with Gasteiger partial charge in [-0.1, -0.05) is 18.2 Å². The number of nitro groups is 1. The van der Waals surface area contributed by atoms with Crippen LogP contribution in [0.5, 0.6) is 0 Å². The molecule has 0 spiro atoms. The summed E-state index contributed by atoms with van der Waals surface area (Å²) in [6, 6.07) is 5.84. The van der Waals surface area contributed by atoms with E-state index >= 15 is 0 Å². The number of carbonyl (C=O) groups excluding carboxylic acids is 2. The van der Waals surface area contributed by atoms with Crippen molar-refractivity contribution >= 4 is 17.6 Å². The van der Waals surface area contributed by atoms with Crippen molar-refractivity contribution in [1.29, 1.82) is 0 Å². The number of benzene rings is 1. The zero-order valence-electron chi connectivity index (χ0n) is 14.7. The zero-order chi connectivity index (χ0) is 19.4. The van der Waals surface area contributed by atoms with E-state index in [1.165, 1.54) is 39.5 Å². The molecule has 0 radical (unpaired) electrons. The molecule has 0 fully saturated rings. The standard InChI is InChI=1S/C17H18N2O7/c1-9-12(16(20)25-3)13(10-7-5-6-8-11(10)19(22)23)14(17(21)26-4)15(18-9)24-2/h5-8,13,18H,1-4H3. The van der Waals surface area contributed by atoms with Crippen molar-refractivity contribution < 1.29 is 28.7 Å². The van der Waals surface area contributed by atoms with Crippen LogP contribution in [0.25, 0.3) is 0 Å². The second-order valence-electron chi connectivity index (χ2n) is 5.34. The quantitative estimate of drug-likeness (QED) is 0.478. The van der Waals surface area contributed by atoms with Gasteiger partial charge in [0.15, 0.2) is 0 Å². The molecule has 0 aromatic heterocycles. The lowest BCUT2D eigenvalue weighted by molar-refractivity contribution is -0.385. The number of ether oxygens (including phenoxy) is 3. The van der Waals surface area contributed by atoms with Crippen LogP contribution < -0.4 is 5.32 Å². The predicted molar refractivity (Wildman–Crippen MR) is 89.7 cm³/mol. The van der Waals surface area contributed by atoms with Gasteiger partial charge >= 0.3 is 11.9 Å². The fourth-order valence-corrected chi connectivity index (χ4v) is 2.87. The molecule has 26 heavy (non-hydrogen) atoms. The lowest BCUT2D eigenvalue weighted by Gasteiger charge is -2.29. The molecule has 1 aromatic carbocycles. The molecule has 1 atom stereocenters. The Kier molecular flexibility index (Phi) is 5.61. The van der Waals surface area contributed by atoms with Gasteiger partial charge in [0, 0.05) is 17.3 Å². The lowest BCUT2D eigenvalue weighted by Crippen LogP contribution is -2.33. The van der Waals surface area contributed by atoms with Crippen LogP contribution in [0.1, 0.15) is 18.4 Å². The molecule has 0 amide bonds. The van der Waals surface area contributed by atoms with Gasteiger partial charge in [0.05, 0.1) is 37.7 Å². The number of dihydropyridines is 1. The van der Waals surface area contributed by atoms with Gasteiger partial charge in [0.25, 0.3) is 5.69 Å². The minimum Gasteiger partial charge on any atom is -0.482 e. The average Bonchev–Trinajstić information content (AvgIpc) is 2.65. The van der Waals surface area contributed by atoms with Gasteiger partial charge < -0.3 is 19.5 Å². The molecule has 9 heteroatoms. The van der Waals surface area contributed by atoms with E-state index in [1.807, 2.05) is 0 Å². The highest BCUT2D eigenvalue weighted by molar-refractivity contribution is 6.00. The number of carbonyl (C=O) groups is 2. The highest BCUT2D eigenvalue weighted by atomic mass is 16.6. The van der Waals surface area contributed by atoms with E-state index in [0.29, 0.717) is 5.70 Å². The Bertz CT molecular complexity index is 826. The maximum Gasteiger partial charge on any atom is 0.340 e. The molecule has 1 aromatic rings. The van der Waals surface area contributed by atoms with Crippen molar-refractivity contribution in [3.63, 3.8) is 0 Å². The normalized spacial score (nSPS) is 16.7. The molecule has 2 rings (SSSR count). The molecule has 0 aliphatic carbocycles. The van der Waals surface area contributed by atoms with Crippen LogP contribution >= 0.6 is 0 Å². The van der Waals surface area contributed by atoms with E-state index in [0.717, 1.165) is 0 Å². The van der Waals surface area contributed by atoms with Gasteiger partial charge in [-0.3, -0.25) is 10.1 Å². The van der Waals surface area contributed by atoms with Crippen molar-refractivity contribution in [1.82, 2.24) is 5.32 Å². The van der Waals surface area contributed by atoms with E-state index in [4.69, 9.17) is 14.2 Å². The van der Waals surface area contributed by atoms with Crippen molar-refractivity contribution in [3.8, 4) is 0 Å². The number of para-hydroxylation sites is 1. The first-order chi connectivity index (χ1) is 12.4. The number of methoxy groups -OCH3 is 3. The van der Waals surface area contributed by atoms with Crippen molar-refractivity contribution in [2.24, 2.45) is 0 Å². The molecule has 1 N–H and O–H groups in total. The van der Waals surface area contributed by atoms with Gasteiger partial charge in [-0.25, -0.2) is 9.59 Å². The SMILES string of the molecule is COC(=O)C1=C(C)NC(OC)=C(C(=O)OC)C1c1ccccc1[N+](=O)[O-]. The Labute approximate surface area is 149 Å². The summed E-state index contributed by atoms with van der Waals surface area (Å²) in [6.07, 6.45) is 0. The number of allylic oxidation sites excluding steroid dienone is 1. The van der Waals surface area contributed by atoms with E-state index in [-0.39, 0.29) is 28.3 Å². The highest BCUT2D eigenvalue weighted by Crippen LogP contribution is 2.42. The monoisotopic (exact) mass is 362 g/mol. The molecule has 138 valence electrons. The summed E-state index contributed by atoms with van der Waals surface area (Å²) in [7, 11) is 3.69. The molecular formula is C17H18N2O7. The van der Waals surface area contributed by atoms with Crippen LogP contribution in [0.15, 0.2) is 47.0 Å². The smallest absolute Gasteiger partial charge is 0.340 e. The van der Waals surface area contributed by atoms with E-state index in [1.54, 1.807) is 13.0 Å². The summed E-state index contributed by atoms with van der Waals surface area (Å²) in [6.45, 7) is 1.58. The first-order valence-electron chi connectivity index (χ1n) is 7.53. The third-order valence-corrected chi connectivity index (χ3v) is 3.99. The number of nitro benzene ring substituents is 1. The fraction of sp³-hybridized carbons (Fsp3) is 0.294. The Morgan fingerprint density at radius 3 is 2.19 bits per heavy atom. The van der Waals surface area contributed by atoms with Gasteiger partial charge in [-0.05, 0) is 6.92 Å². The summed E-state index contributed by atoms with van der Waals surface area (Å²) in [5.41, 5.74) is 0.252.